The number of halogens is 1. The number of aliphatic carboxylic acids is 1. The quantitative estimate of drug-likeness (QED) is 0.757. The van der Waals surface area contributed by atoms with Gasteiger partial charge in [-0.2, -0.15) is 0 Å². The van der Waals surface area contributed by atoms with Gasteiger partial charge in [0, 0.05) is 24.0 Å². The van der Waals surface area contributed by atoms with E-state index in [4.69, 9.17) is 5.11 Å². The van der Waals surface area contributed by atoms with Crippen LogP contribution in [0.25, 0.3) is 0 Å². The fourth-order valence-corrected chi connectivity index (χ4v) is 3.90. The van der Waals surface area contributed by atoms with Crippen molar-refractivity contribution in [1.29, 1.82) is 0 Å². The monoisotopic (exact) mass is 411 g/mol. The van der Waals surface area contributed by atoms with Crippen molar-refractivity contribution in [2.45, 2.75) is 17.2 Å². The molecule has 24 heavy (non-hydrogen) atoms. The molecule has 2 aromatic rings. The average Bonchev–Trinajstić information content (AvgIpc) is 2.55. The first-order valence-electron chi connectivity index (χ1n) is 7.29. The van der Waals surface area contributed by atoms with Gasteiger partial charge in [0.15, 0.2) is 0 Å². The summed E-state index contributed by atoms with van der Waals surface area (Å²) >= 11 is 3.27. The maximum absolute atomic E-state index is 12.7. The Morgan fingerprint density at radius 3 is 2.25 bits per heavy atom. The number of hydrogen-bond acceptors (Lipinski definition) is 3. The molecule has 7 heteroatoms. The molecule has 1 atom stereocenters. The van der Waals surface area contributed by atoms with Gasteiger partial charge in [-0.3, -0.25) is 4.79 Å². The Morgan fingerprint density at radius 2 is 1.71 bits per heavy atom. The molecular formula is C17H18BrNO4S. The van der Waals surface area contributed by atoms with Crippen LogP contribution in [0.2, 0.25) is 0 Å². The van der Waals surface area contributed by atoms with Gasteiger partial charge in [-0.15, -0.1) is 0 Å². The van der Waals surface area contributed by atoms with E-state index in [1.807, 2.05) is 30.3 Å². The highest BCUT2D eigenvalue weighted by molar-refractivity contribution is 9.10. The lowest BCUT2D eigenvalue weighted by Crippen LogP contribution is -2.32. The van der Waals surface area contributed by atoms with E-state index in [2.05, 4.69) is 15.9 Å². The van der Waals surface area contributed by atoms with Gasteiger partial charge in [0.1, 0.15) is 0 Å². The summed E-state index contributed by atoms with van der Waals surface area (Å²) in [5.74, 6) is -1.38. The first-order valence-corrected chi connectivity index (χ1v) is 9.52. The first-order chi connectivity index (χ1) is 11.3. The van der Waals surface area contributed by atoms with Gasteiger partial charge < -0.3 is 5.11 Å². The number of carbonyl (C=O) groups is 1. The molecular weight excluding hydrogens is 394 g/mol. The van der Waals surface area contributed by atoms with Gasteiger partial charge in [-0.25, -0.2) is 12.7 Å². The molecule has 1 N–H and O–H groups in total. The predicted octanol–water partition coefficient (Wildman–Crippen LogP) is 3.33. The van der Waals surface area contributed by atoms with Crippen LogP contribution < -0.4 is 0 Å². The van der Waals surface area contributed by atoms with Gasteiger partial charge in [-0.1, -0.05) is 46.3 Å². The van der Waals surface area contributed by atoms with Crippen LogP contribution in [0.5, 0.6) is 0 Å². The van der Waals surface area contributed by atoms with Gasteiger partial charge in [0.05, 0.1) is 11.3 Å². The predicted molar refractivity (Wildman–Crippen MR) is 95.4 cm³/mol. The highest BCUT2D eigenvalue weighted by Crippen LogP contribution is 2.24. The minimum atomic E-state index is -3.68. The number of rotatable bonds is 7. The van der Waals surface area contributed by atoms with E-state index in [0.29, 0.717) is 0 Å². The lowest BCUT2D eigenvalue weighted by atomic mass is 9.96. The van der Waals surface area contributed by atoms with Crippen molar-refractivity contribution in [2.75, 3.05) is 13.6 Å². The van der Waals surface area contributed by atoms with Crippen LogP contribution in [0.1, 0.15) is 17.9 Å². The summed E-state index contributed by atoms with van der Waals surface area (Å²) < 4.78 is 27.3. The number of sulfonamides is 1. The fourth-order valence-electron chi connectivity index (χ4n) is 2.42. The molecule has 0 bridgehead atoms. The Kier molecular flexibility index (Phi) is 6.15. The minimum absolute atomic E-state index is 0.0920. The van der Waals surface area contributed by atoms with Crippen LogP contribution in [0.3, 0.4) is 0 Å². The molecule has 0 saturated carbocycles. The van der Waals surface area contributed by atoms with Crippen molar-refractivity contribution in [2.24, 2.45) is 0 Å². The second kappa shape index (κ2) is 7.92. The molecule has 0 saturated heterocycles. The van der Waals surface area contributed by atoms with E-state index >= 15 is 0 Å². The van der Waals surface area contributed by atoms with E-state index in [0.717, 1.165) is 10.0 Å². The molecule has 5 nitrogen and oxygen atoms in total. The summed E-state index contributed by atoms with van der Waals surface area (Å²) in [4.78, 5) is 11.3. The maximum Gasteiger partial charge on any atom is 0.304 e. The Morgan fingerprint density at radius 1 is 1.12 bits per heavy atom. The Labute approximate surface area is 150 Å². The smallest absolute Gasteiger partial charge is 0.304 e. The van der Waals surface area contributed by atoms with Crippen LogP contribution in [-0.4, -0.2) is 37.4 Å². The van der Waals surface area contributed by atoms with Gasteiger partial charge in [0.25, 0.3) is 0 Å². The summed E-state index contributed by atoms with van der Waals surface area (Å²) in [7, 11) is -2.21. The average molecular weight is 412 g/mol. The zero-order valence-electron chi connectivity index (χ0n) is 13.1. The zero-order valence-corrected chi connectivity index (χ0v) is 15.5. The van der Waals surface area contributed by atoms with E-state index in [1.54, 1.807) is 12.1 Å². The van der Waals surface area contributed by atoms with E-state index in [9.17, 15) is 13.2 Å². The third-order valence-corrected chi connectivity index (χ3v) is 6.06. The molecule has 2 rings (SSSR count). The fraction of sp³-hybridized carbons (Fsp3) is 0.235. The Balaban J connectivity index is 2.24. The lowest BCUT2D eigenvalue weighted by Gasteiger charge is -2.23. The molecule has 0 aromatic heterocycles. The molecule has 0 radical (unpaired) electrons. The van der Waals surface area contributed by atoms with Crippen molar-refractivity contribution >= 4 is 31.9 Å². The van der Waals surface area contributed by atoms with E-state index < -0.39 is 21.9 Å². The Hall–Kier alpha value is -1.70. The molecule has 0 fully saturated rings. The van der Waals surface area contributed by atoms with Gasteiger partial charge >= 0.3 is 5.97 Å². The van der Waals surface area contributed by atoms with Crippen LogP contribution in [0.15, 0.2) is 64.0 Å². The number of likely N-dealkylation sites (N-methyl/N-ethyl adjacent to an activating group) is 1. The summed E-state index contributed by atoms with van der Waals surface area (Å²) in [6, 6.07) is 15.4. The summed E-state index contributed by atoms with van der Waals surface area (Å²) in [5.41, 5.74) is 0.803. The van der Waals surface area contributed by atoms with Crippen LogP contribution in [0, 0.1) is 0 Å². The lowest BCUT2D eigenvalue weighted by molar-refractivity contribution is -0.137. The number of nitrogens with zero attached hydrogens (tertiary/aromatic N) is 1. The maximum atomic E-state index is 12.7. The summed E-state index contributed by atoms with van der Waals surface area (Å²) in [6.45, 7) is 0.0920. The first kappa shape index (κ1) is 18.6. The largest absolute Gasteiger partial charge is 0.481 e. The van der Waals surface area contributed by atoms with Crippen LogP contribution in [0.4, 0.5) is 0 Å². The van der Waals surface area contributed by atoms with Crippen molar-refractivity contribution < 1.29 is 18.3 Å². The van der Waals surface area contributed by atoms with Crippen molar-refractivity contribution in [3.8, 4) is 0 Å². The summed E-state index contributed by atoms with van der Waals surface area (Å²) in [6.07, 6.45) is -0.135. The third kappa shape index (κ3) is 4.66. The van der Waals surface area contributed by atoms with Crippen LogP contribution in [-0.2, 0) is 14.8 Å². The molecule has 0 unspecified atom stereocenters. The molecule has 0 aliphatic heterocycles. The highest BCUT2D eigenvalue weighted by atomic mass is 79.9. The topological polar surface area (TPSA) is 74.7 Å². The number of benzene rings is 2. The third-order valence-electron chi connectivity index (χ3n) is 3.69. The second-order valence-corrected chi connectivity index (χ2v) is 8.41. The van der Waals surface area contributed by atoms with Crippen molar-refractivity contribution in [1.82, 2.24) is 4.31 Å². The van der Waals surface area contributed by atoms with Crippen LogP contribution >= 0.6 is 15.9 Å². The summed E-state index contributed by atoms with van der Waals surface area (Å²) in [5, 5.41) is 9.14. The number of carboxylic acids is 1. The molecule has 0 aliphatic carbocycles. The van der Waals surface area contributed by atoms with E-state index in [-0.39, 0.29) is 17.9 Å². The molecule has 128 valence electrons. The normalized spacial score (nSPS) is 13.0. The molecule has 0 heterocycles. The second-order valence-electron chi connectivity index (χ2n) is 5.44. The number of hydrogen-bond donors (Lipinski definition) is 1. The highest BCUT2D eigenvalue weighted by Gasteiger charge is 2.25. The molecule has 0 spiro atoms. The minimum Gasteiger partial charge on any atom is -0.481 e. The van der Waals surface area contributed by atoms with E-state index in [1.165, 1.54) is 23.5 Å². The van der Waals surface area contributed by atoms with Crippen molar-refractivity contribution in [3.05, 3.63) is 64.6 Å². The van der Waals surface area contributed by atoms with Gasteiger partial charge in [0.2, 0.25) is 10.0 Å². The Bertz CT molecular complexity index is 791. The zero-order chi connectivity index (χ0) is 17.7. The molecule has 0 aliphatic rings. The van der Waals surface area contributed by atoms with Gasteiger partial charge in [-0.05, 0) is 29.8 Å². The molecule has 0 amide bonds. The molecule has 2 aromatic carbocycles. The SMILES string of the molecule is CN(C[C@@H](CC(=O)O)c1ccccc1)S(=O)(=O)c1ccc(Br)cc1. The number of carboxylic acid groups (broad SMARTS) is 1. The van der Waals surface area contributed by atoms with Crippen molar-refractivity contribution in [3.63, 3.8) is 0 Å². The standard InChI is InChI=1S/C17H18BrNO4S/c1-19(24(22,23)16-9-7-15(18)8-10-16)12-14(11-17(20)21)13-5-3-2-4-6-13/h2-10,14H,11-12H2,1H3,(H,20,21)/t14-/m1/s1.